The number of methoxy groups -OCH3 is 1. The Morgan fingerprint density at radius 1 is 1.38 bits per heavy atom. The Kier molecular flexibility index (Phi) is 5.70. The maximum atomic E-state index is 11.9. The SMILES string of the molecule is CCC(C)c1c(Cl)nc2c(C(=O)OC)cnn2c1N[C@H](C)C(C)C. The molecule has 1 unspecified atom stereocenters. The molecule has 0 bridgehead atoms. The Hall–Kier alpha value is -1.82. The van der Waals surface area contributed by atoms with E-state index in [1.54, 1.807) is 4.52 Å². The molecule has 2 heterocycles. The minimum atomic E-state index is -0.479. The van der Waals surface area contributed by atoms with Crippen molar-refractivity contribution in [3.63, 3.8) is 0 Å². The Morgan fingerprint density at radius 3 is 2.58 bits per heavy atom. The van der Waals surface area contributed by atoms with Crippen molar-refractivity contribution in [3.8, 4) is 0 Å². The van der Waals surface area contributed by atoms with Gasteiger partial charge in [-0.15, -0.1) is 0 Å². The van der Waals surface area contributed by atoms with Crippen molar-refractivity contribution in [2.24, 2.45) is 5.92 Å². The molecule has 24 heavy (non-hydrogen) atoms. The highest BCUT2D eigenvalue weighted by atomic mass is 35.5. The number of aromatic nitrogens is 3. The Labute approximate surface area is 147 Å². The quantitative estimate of drug-likeness (QED) is 0.625. The minimum absolute atomic E-state index is 0.209. The van der Waals surface area contributed by atoms with Gasteiger partial charge in [0.25, 0.3) is 0 Å². The highest BCUT2D eigenvalue weighted by Gasteiger charge is 2.24. The molecule has 0 aliphatic rings. The summed E-state index contributed by atoms with van der Waals surface area (Å²) < 4.78 is 6.46. The zero-order chi connectivity index (χ0) is 18.0. The number of halogens is 1. The van der Waals surface area contributed by atoms with Crippen LogP contribution in [-0.4, -0.2) is 33.7 Å². The molecule has 0 fully saturated rings. The second-order valence-corrected chi connectivity index (χ2v) is 6.79. The molecule has 2 atom stereocenters. The fraction of sp³-hybridized carbons (Fsp3) is 0.588. The van der Waals surface area contributed by atoms with Gasteiger partial charge in [0.1, 0.15) is 16.5 Å². The van der Waals surface area contributed by atoms with E-state index in [2.05, 4.69) is 50.0 Å². The molecule has 0 saturated carbocycles. The van der Waals surface area contributed by atoms with Crippen LogP contribution in [0.2, 0.25) is 5.15 Å². The van der Waals surface area contributed by atoms with Crippen LogP contribution in [0.1, 0.15) is 62.9 Å². The second-order valence-electron chi connectivity index (χ2n) is 6.44. The summed E-state index contributed by atoms with van der Waals surface area (Å²) in [6.45, 7) is 10.6. The summed E-state index contributed by atoms with van der Waals surface area (Å²) in [5.74, 6) is 0.942. The number of anilines is 1. The number of nitrogens with zero attached hydrogens (tertiary/aromatic N) is 3. The van der Waals surface area contributed by atoms with Crippen molar-refractivity contribution in [2.75, 3.05) is 12.4 Å². The maximum absolute atomic E-state index is 11.9. The van der Waals surface area contributed by atoms with Crippen LogP contribution in [0, 0.1) is 5.92 Å². The van der Waals surface area contributed by atoms with Gasteiger partial charge in [-0.2, -0.15) is 9.61 Å². The highest BCUT2D eigenvalue weighted by molar-refractivity contribution is 6.30. The number of ether oxygens (including phenoxy) is 1. The smallest absolute Gasteiger partial charge is 0.343 e. The first-order chi connectivity index (χ1) is 11.3. The standard InChI is InChI=1S/C17H25ClN4O2/c1-7-10(4)13-14(18)21-15-12(17(23)24-6)8-19-22(15)16(13)20-11(5)9(2)3/h8-11,20H,7H2,1-6H3/t10?,11-/m1/s1. The van der Waals surface area contributed by atoms with E-state index in [4.69, 9.17) is 16.3 Å². The zero-order valence-electron chi connectivity index (χ0n) is 15.1. The summed E-state index contributed by atoms with van der Waals surface area (Å²) in [5.41, 5.74) is 1.62. The molecule has 7 heteroatoms. The molecule has 1 N–H and O–H groups in total. The first-order valence-corrected chi connectivity index (χ1v) is 8.61. The number of nitrogens with one attached hydrogen (secondary N) is 1. The molecule has 0 aliphatic heterocycles. The van der Waals surface area contributed by atoms with Crippen molar-refractivity contribution in [1.29, 1.82) is 0 Å². The van der Waals surface area contributed by atoms with Gasteiger partial charge in [-0.3, -0.25) is 0 Å². The summed E-state index contributed by atoms with van der Waals surface area (Å²) in [4.78, 5) is 16.3. The minimum Gasteiger partial charge on any atom is -0.465 e. The van der Waals surface area contributed by atoms with Gasteiger partial charge in [-0.05, 0) is 25.2 Å². The van der Waals surface area contributed by atoms with E-state index in [0.717, 1.165) is 17.8 Å². The van der Waals surface area contributed by atoms with Crippen molar-refractivity contribution < 1.29 is 9.53 Å². The summed E-state index contributed by atoms with van der Waals surface area (Å²) >= 11 is 6.48. The molecule has 0 spiro atoms. The number of rotatable bonds is 6. The molecule has 0 aliphatic carbocycles. The number of carbonyl (C=O) groups is 1. The molecule has 0 amide bonds. The van der Waals surface area contributed by atoms with Gasteiger partial charge in [0.15, 0.2) is 5.65 Å². The summed E-state index contributed by atoms with van der Waals surface area (Å²) in [7, 11) is 1.33. The fourth-order valence-electron chi connectivity index (χ4n) is 2.39. The highest BCUT2D eigenvalue weighted by Crippen LogP contribution is 2.34. The van der Waals surface area contributed by atoms with Crippen LogP contribution in [0.5, 0.6) is 0 Å². The fourth-order valence-corrected chi connectivity index (χ4v) is 2.75. The number of esters is 1. The van der Waals surface area contributed by atoms with Crippen molar-refractivity contribution in [1.82, 2.24) is 14.6 Å². The molecule has 2 aromatic rings. The molecule has 132 valence electrons. The second kappa shape index (κ2) is 7.38. The van der Waals surface area contributed by atoms with Gasteiger partial charge in [-0.25, -0.2) is 9.78 Å². The van der Waals surface area contributed by atoms with Crippen molar-refractivity contribution in [2.45, 2.75) is 53.0 Å². The number of hydrogen-bond acceptors (Lipinski definition) is 5. The summed E-state index contributed by atoms with van der Waals surface area (Å²) in [6, 6.07) is 0.209. The largest absolute Gasteiger partial charge is 0.465 e. The molecule has 0 radical (unpaired) electrons. The topological polar surface area (TPSA) is 68.5 Å². The van der Waals surface area contributed by atoms with Crippen LogP contribution >= 0.6 is 11.6 Å². The van der Waals surface area contributed by atoms with E-state index in [1.165, 1.54) is 13.3 Å². The van der Waals surface area contributed by atoms with Gasteiger partial charge < -0.3 is 10.1 Å². The van der Waals surface area contributed by atoms with Crippen molar-refractivity contribution in [3.05, 3.63) is 22.5 Å². The van der Waals surface area contributed by atoms with Crippen LogP contribution in [0.25, 0.3) is 5.65 Å². The summed E-state index contributed by atoms with van der Waals surface area (Å²) in [6.07, 6.45) is 2.39. The van der Waals surface area contributed by atoms with Gasteiger partial charge in [0, 0.05) is 11.6 Å². The third-order valence-electron chi connectivity index (χ3n) is 4.51. The molecule has 2 aromatic heterocycles. The lowest BCUT2D eigenvalue weighted by molar-refractivity contribution is 0.0602. The molecule has 0 saturated heterocycles. The van der Waals surface area contributed by atoms with Gasteiger partial charge in [0.05, 0.1) is 13.3 Å². The summed E-state index contributed by atoms with van der Waals surface area (Å²) in [5, 5.41) is 8.24. The van der Waals surface area contributed by atoms with Crippen LogP contribution in [0.15, 0.2) is 6.20 Å². The molecular formula is C17H25ClN4O2. The van der Waals surface area contributed by atoms with E-state index in [-0.39, 0.29) is 12.0 Å². The Balaban J connectivity index is 2.71. The normalized spacial score (nSPS) is 14.0. The monoisotopic (exact) mass is 352 g/mol. The zero-order valence-corrected chi connectivity index (χ0v) is 15.8. The first-order valence-electron chi connectivity index (χ1n) is 8.23. The average Bonchev–Trinajstić information content (AvgIpc) is 2.96. The van der Waals surface area contributed by atoms with E-state index in [1.807, 2.05) is 0 Å². The molecule has 6 nitrogen and oxygen atoms in total. The third kappa shape index (κ3) is 3.34. The molecule has 2 rings (SSSR count). The maximum Gasteiger partial charge on any atom is 0.343 e. The lowest BCUT2D eigenvalue weighted by Crippen LogP contribution is -2.25. The number of carbonyl (C=O) groups excluding carboxylic acids is 1. The third-order valence-corrected chi connectivity index (χ3v) is 4.80. The molecule has 0 aromatic carbocycles. The number of hydrogen-bond donors (Lipinski definition) is 1. The lowest BCUT2D eigenvalue weighted by Gasteiger charge is -2.24. The van der Waals surface area contributed by atoms with E-state index < -0.39 is 5.97 Å². The van der Waals surface area contributed by atoms with E-state index in [0.29, 0.717) is 22.3 Å². The van der Waals surface area contributed by atoms with Crippen LogP contribution in [0.4, 0.5) is 5.82 Å². The molecular weight excluding hydrogens is 328 g/mol. The lowest BCUT2D eigenvalue weighted by atomic mass is 9.99. The van der Waals surface area contributed by atoms with Gasteiger partial charge >= 0.3 is 5.97 Å². The average molecular weight is 353 g/mol. The number of fused-ring (bicyclic) bond motifs is 1. The van der Waals surface area contributed by atoms with Gasteiger partial charge in [-0.1, -0.05) is 39.3 Å². The Bertz CT molecular complexity index is 742. The first kappa shape index (κ1) is 18.5. The van der Waals surface area contributed by atoms with Gasteiger partial charge in [0.2, 0.25) is 0 Å². The van der Waals surface area contributed by atoms with Crippen molar-refractivity contribution >= 4 is 29.0 Å². The van der Waals surface area contributed by atoms with E-state index >= 15 is 0 Å². The predicted molar refractivity (Wildman–Crippen MR) is 96.0 cm³/mol. The van der Waals surface area contributed by atoms with Crippen LogP contribution in [-0.2, 0) is 4.74 Å². The predicted octanol–water partition coefficient (Wildman–Crippen LogP) is 4.14. The Morgan fingerprint density at radius 2 is 2.04 bits per heavy atom. The van der Waals surface area contributed by atoms with E-state index in [9.17, 15) is 4.79 Å². The van der Waals surface area contributed by atoms with Crippen LogP contribution < -0.4 is 5.32 Å². The van der Waals surface area contributed by atoms with Crippen LogP contribution in [0.3, 0.4) is 0 Å².